The SMILES string of the molecule is COc1ccc(C(=O)N2CCCC(C(N)=NO)C2)cc1O. The fourth-order valence-corrected chi connectivity index (χ4v) is 2.49. The van der Waals surface area contributed by atoms with Crippen molar-refractivity contribution in [2.75, 3.05) is 20.2 Å². The van der Waals surface area contributed by atoms with Gasteiger partial charge in [-0.1, -0.05) is 5.16 Å². The molecule has 1 unspecified atom stereocenters. The van der Waals surface area contributed by atoms with Gasteiger partial charge in [-0.25, -0.2) is 0 Å². The Kier molecular flexibility index (Phi) is 4.52. The Hall–Kier alpha value is -2.44. The van der Waals surface area contributed by atoms with Crippen LogP contribution in [-0.4, -0.2) is 47.2 Å². The number of piperidine rings is 1. The van der Waals surface area contributed by atoms with E-state index in [1.807, 2.05) is 0 Å². The molecule has 21 heavy (non-hydrogen) atoms. The number of carbonyl (C=O) groups excluding carboxylic acids is 1. The van der Waals surface area contributed by atoms with Crippen LogP contribution in [0, 0.1) is 5.92 Å². The van der Waals surface area contributed by atoms with Crippen molar-refractivity contribution < 1.29 is 19.8 Å². The monoisotopic (exact) mass is 293 g/mol. The van der Waals surface area contributed by atoms with Crippen LogP contribution in [0.4, 0.5) is 0 Å². The summed E-state index contributed by atoms with van der Waals surface area (Å²) in [6.07, 6.45) is 1.57. The van der Waals surface area contributed by atoms with Gasteiger partial charge < -0.3 is 25.7 Å². The van der Waals surface area contributed by atoms with Gasteiger partial charge in [0.05, 0.1) is 7.11 Å². The summed E-state index contributed by atoms with van der Waals surface area (Å²) in [5.74, 6) is 0.0566. The van der Waals surface area contributed by atoms with Gasteiger partial charge in [-0.2, -0.15) is 0 Å². The predicted molar refractivity (Wildman–Crippen MR) is 76.7 cm³/mol. The van der Waals surface area contributed by atoms with Gasteiger partial charge in [-0.15, -0.1) is 0 Å². The summed E-state index contributed by atoms with van der Waals surface area (Å²) < 4.78 is 4.95. The minimum absolute atomic E-state index is 0.0756. The first kappa shape index (κ1) is 15.0. The molecule has 1 saturated heterocycles. The quantitative estimate of drug-likeness (QED) is 0.333. The van der Waals surface area contributed by atoms with Crippen molar-refractivity contribution in [3.63, 3.8) is 0 Å². The zero-order valence-corrected chi connectivity index (χ0v) is 11.8. The van der Waals surface area contributed by atoms with Crippen molar-refractivity contribution in [3.8, 4) is 11.5 Å². The van der Waals surface area contributed by atoms with E-state index in [1.165, 1.54) is 13.2 Å². The number of nitrogens with zero attached hydrogens (tertiary/aromatic N) is 2. The molecule has 1 fully saturated rings. The summed E-state index contributed by atoms with van der Waals surface area (Å²) >= 11 is 0. The highest BCUT2D eigenvalue weighted by Crippen LogP contribution is 2.27. The first-order chi connectivity index (χ1) is 10.1. The van der Waals surface area contributed by atoms with Crippen LogP contribution >= 0.6 is 0 Å². The Morgan fingerprint density at radius 1 is 1.52 bits per heavy atom. The van der Waals surface area contributed by atoms with Crippen LogP contribution in [-0.2, 0) is 0 Å². The molecule has 1 aromatic carbocycles. The number of likely N-dealkylation sites (tertiary alicyclic amines) is 1. The first-order valence-electron chi connectivity index (χ1n) is 6.70. The van der Waals surface area contributed by atoms with Crippen molar-refractivity contribution in [1.29, 1.82) is 0 Å². The van der Waals surface area contributed by atoms with Crippen LogP contribution < -0.4 is 10.5 Å². The molecule has 0 radical (unpaired) electrons. The predicted octanol–water partition coefficient (Wildman–Crippen LogP) is 0.999. The Balaban J connectivity index is 2.14. The number of oxime groups is 1. The molecule has 4 N–H and O–H groups in total. The second-order valence-corrected chi connectivity index (χ2v) is 5.00. The Bertz CT molecular complexity index is 559. The van der Waals surface area contributed by atoms with E-state index in [1.54, 1.807) is 17.0 Å². The van der Waals surface area contributed by atoms with Gasteiger partial charge in [0, 0.05) is 24.6 Å². The standard InChI is InChI=1S/C14H19N3O4/c1-21-12-5-4-9(7-11(12)18)14(19)17-6-2-3-10(8-17)13(15)16-20/h4-5,7,10,18,20H,2-3,6,8H2,1H3,(H2,15,16). The van der Waals surface area contributed by atoms with Crippen molar-refractivity contribution in [3.05, 3.63) is 23.8 Å². The Morgan fingerprint density at radius 3 is 2.90 bits per heavy atom. The van der Waals surface area contributed by atoms with Gasteiger partial charge in [0.1, 0.15) is 5.84 Å². The zero-order valence-electron chi connectivity index (χ0n) is 11.8. The van der Waals surface area contributed by atoms with E-state index in [4.69, 9.17) is 15.7 Å². The van der Waals surface area contributed by atoms with Gasteiger partial charge in [-0.3, -0.25) is 4.79 Å². The van der Waals surface area contributed by atoms with Crippen LogP contribution in [0.15, 0.2) is 23.4 Å². The van der Waals surface area contributed by atoms with E-state index in [0.29, 0.717) is 24.4 Å². The molecule has 0 aliphatic carbocycles. The highest BCUT2D eigenvalue weighted by molar-refractivity contribution is 5.95. The number of ether oxygens (including phenoxy) is 1. The van der Waals surface area contributed by atoms with E-state index in [2.05, 4.69) is 5.16 Å². The number of hydrogen-bond acceptors (Lipinski definition) is 5. The number of benzene rings is 1. The van der Waals surface area contributed by atoms with Crippen LogP contribution in [0.1, 0.15) is 23.2 Å². The number of rotatable bonds is 3. The third kappa shape index (κ3) is 3.18. The lowest BCUT2D eigenvalue weighted by Crippen LogP contribution is -2.44. The lowest BCUT2D eigenvalue weighted by molar-refractivity contribution is 0.0701. The van der Waals surface area contributed by atoms with E-state index in [-0.39, 0.29) is 23.4 Å². The normalized spacial score (nSPS) is 19.4. The molecule has 2 rings (SSSR count). The molecule has 7 nitrogen and oxygen atoms in total. The Labute approximate surface area is 122 Å². The van der Waals surface area contributed by atoms with Gasteiger partial charge in [-0.05, 0) is 31.0 Å². The second kappa shape index (κ2) is 6.34. The van der Waals surface area contributed by atoms with Crippen molar-refractivity contribution in [1.82, 2.24) is 4.90 Å². The number of hydrogen-bond donors (Lipinski definition) is 3. The largest absolute Gasteiger partial charge is 0.504 e. The maximum atomic E-state index is 12.4. The molecule has 0 saturated carbocycles. The molecule has 1 aliphatic rings. The average Bonchev–Trinajstić information content (AvgIpc) is 2.53. The van der Waals surface area contributed by atoms with Crippen molar-refractivity contribution in [2.45, 2.75) is 12.8 Å². The van der Waals surface area contributed by atoms with Crippen molar-refractivity contribution >= 4 is 11.7 Å². The summed E-state index contributed by atoms with van der Waals surface area (Å²) in [6.45, 7) is 1.02. The Morgan fingerprint density at radius 2 is 2.29 bits per heavy atom. The summed E-state index contributed by atoms with van der Waals surface area (Å²) in [5, 5.41) is 21.5. The smallest absolute Gasteiger partial charge is 0.254 e. The third-order valence-corrected chi connectivity index (χ3v) is 3.67. The number of aromatic hydroxyl groups is 1. The lowest BCUT2D eigenvalue weighted by Gasteiger charge is -2.32. The van der Waals surface area contributed by atoms with Crippen molar-refractivity contribution in [2.24, 2.45) is 16.8 Å². The summed E-state index contributed by atoms with van der Waals surface area (Å²) in [7, 11) is 1.45. The number of amides is 1. The number of carbonyl (C=O) groups is 1. The minimum atomic E-state index is -0.191. The highest BCUT2D eigenvalue weighted by atomic mass is 16.5. The highest BCUT2D eigenvalue weighted by Gasteiger charge is 2.27. The molecule has 1 aliphatic heterocycles. The number of nitrogens with two attached hydrogens (primary N) is 1. The molecule has 1 heterocycles. The number of amidine groups is 1. The minimum Gasteiger partial charge on any atom is -0.504 e. The summed E-state index contributed by atoms with van der Waals surface area (Å²) in [4.78, 5) is 14.1. The summed E-state index contributed by atoms with van der Waals surface area (Å²) in [5.41, 5.74) is 6.00. The third-order valence-electron chi connectivity index (χ3n) is 3.67. The van der Waals surface area contributed by atoms with E-state index < -0.39 is 0 Å². The van der Waals surface area contributed by atoms with Crippen LogP contribution in [0.5, 0.6) is 11.5 Å². The van der Waals surface area contributed by atoms with E-state index in [0.717, 1.165) is 12.8 Å². The van der Waals surface area contributed by atoms with Gasteiger partial charge in [0.15, 0.2) is 11.5 Å². The van der Waals surface area contributed by atoms with Gasteiger partial charge >= 0.3 is 0 Å². The average molecular weight is 293 g/mol. The molecule has 0 bridgehead atoms. The molecule has 1 aromatic rings. The number of phenols is 1. The number of phenolic OH excluding ortho intramolecular Hbond substituents is 1. The molecular weight excluding hydrogens is 274 g/mol. The first-order valence-corrected chi connectivity index (χ1v) is 6.70. The fraction of sp³-hybridized carbons (Fsp3) is 0.429. The fourth-order valence-electron chi connectivity index (χ4n) is 2.49. The van der Waals surface area contributed by atoms with Gasteiger partial charge in [0.25, 0.3) is 5.91 Å². The lowest BCUT2D eigenvalue weighted by atomic mass is 9.96. The van der Waals surface area contributed by atoms with E-state index in [9.17, 15) is 9.90 Å². The van der Waals surface area contributed by atoms with Gasteiger partial charge in [0.2, 0.25) is 0 Å². The molecule has 114 valence electrons. The molecule has 7 heteroatoms. The summed E-state index contributed by atoms with van der Waals surface area (Å²) in [6, 6.07) is 4.54. The van der Waals surface area contributed by atoms with Crippen LogP contribution in [0.2, 0.25) is 0 Å². The van der Waals surface area contributed by atoms with Crippen LogP contribution in [0.3, 0.4) is 0 Å². The zero-order chi connectivity index (χ0) is 15.4. The number of methoxy groups -OCH3 is 1. The molecule has 0 spiro atoms. The topological polar surface area (TPSA) is 108 Å². The maximum Gasteiger partial charge on any atom is 0.254 e. The van der Waals surface area contributed by atoms with Crippen LogP contribution in [0.25, 0.3) is 0 Å². The molecular formula is C14H19N3O4. The molecule has 0 aromatic heterocycles. The molecule has 1 atom stereocenters. The maximum absolute atomic E-state index is 12.4. The van der Waals surface area contributed by atoms with E-state index >= 15 is 0 Å². The second-order valence-electron chi connectivity index (χ2n) is 5.00. The molecule has 1 amide bonds.